The van der Waals surface area contributed by atoms with Gasteiger partial charge in [-0.3, -0.25) is 22.8 Å². The fourth-order valence-corrected chi connectivity index (χ4v) is 8.27. The molecule has 0 aliphatic heterocycles. The molecular formula is C37H49N5O18S5. The van der Waals surface area contributed by atoms with Gasteiger partial charge in [0.15, 0.2) is 0 Å². The molecule has 360 valence electrons. The number of rotatable bonds is 8. The Hall–Kier alpha value is -5.95. The highest BCUT2D eigenvalue weighted by Gasteiger charge is 2.18. The Balaban J connectivity index is 0.000000406. The Labute approximate surface area is 376 Å². The predicted molar refractivity (Wildman–Crippen MR) is 242 cm³/mol. The van der Waals surface area contributed by atoms with Crippen molar-refractivity contribution < 1.29 is 79.1 Å². The molecule has 0 bridgehead atoms. The van der Waals surface area contributed by atoms with Crippen LogP contribution in [0.15, 0.2) is 103 Å². The highest BCUT2D eigenvalue weighted by atomic mass is 32.2. The van der Waals surface area contributed by atoms with Crippen molar-refractivity contribution in [2.45, 2.75) is 52.2 Å². The summed E-state index contributed by atoms with van der Waals surface area (Å²) in [4.78, 5) is -1.26. The van der Waals surface area contributed by atoms with Gasteiger partial charge in [-0.1, -0.05) is 12.1 Å². The number of benzene rings is 5. The van der Waals surface area contributed by atoms with Gasteiger partial charge in [0.2, 0.25) is 0 Å². The van der Waals surface area contributed by atoms with Crippen molar-refractivity contribution in [2.75, 3.05) is 50.0 Å². The molecule has 5 aromatic rings. The first-order chi connectivity index (χ1) is 29.5. The van der Waals surface area contributed by atoms with Gasteiger partial charge in [-0.15, -0.1) is 0 Å². The number of aryl methyl sites for hydroxylation is 4. The van der Waals surface area contributed by atoms with Gasteiger partial charge in [0.25, 0.3) is 50.6 Å². The molecule has 0 spiro atoms. The van der Waals surface area contributed by atoms with Gasteiger partial charge < -0.3 is 42.9 Å². The Morgan fingerprint density at radius 1 is 0.400 bits per heavy atom. The molecule has 0 fully saturated rings. The molecular weight excluding hydrogens is 963 g/mol. The van der Waals surface area contributed by atoms with Crippen LogP contribution in [0, 0.1) is 27.7 Å². The minimum absolute atomic E-state index is 0.0108. The molecule has 0 saturated carbocycles. The van der Waals surface area contributed by atoms with E-state index in [4.69, 9.17) is 65.6 Å². The lowest BCUT2D eigenvalue weighted by Crippen LogP contribution is -2.05. The van der Waals surface area contributed by atoms with Crippen molar-refractivity contribution in [2.24, 2.45) is 0 Å². The van der Waals surface area contributed by atoms with E-state index in [0.717, 1.165) is 29.3 Å². The number of hydrogen-bond acceptors (Lipinski definition) is 18. The molecule has 23 nitrogen and oxygen atoms in total. The third kappa shape index (κ3) is 17.9. The van der Waals surface area contributed by atoms with Crippen LogP contribution in [0.2, 0.25) is 0 Å². The standard InChI is InChI=1S/2C8H11NO3S.3C7H9NO4S/c1-5-3-6(2)8(4-7(5)9)13(10,11)12;1-5-3-6(2)8(9)7(4-5)13(10,11)12;1-12-7-3-2-5(4-6(7)8)13(9,10)11;1-12-5-2-3-6(8)7(4-5)13(9,10)11;1-12-6-3-2-5(8)4-7(6)13(9,10)11/h2*3-4H,9H2,1-2H3,(H,10,11,12);3*2-4H,8H2,1H3,(H,9,10,11). The van der Waals surface area contributed by atoms with Crippen LogP contribution in [0.5, 0.6) is 17.2 Å². The number of methoxy groups -OCH3 is 3. The predicted octanol–water partition coefficient (Wildman–Crippen LogP) is 3.84. The first-order valence-electron chi connectivity index (χ1n) is 17.4. The summed E-state index contributed by atoms with van der Waals surface area (Å²) in [5.74, 6) is 0.755. The molecule has 0 aliphatic carbocycles. The molecule has 0 atom stereocenters. The molecule has 0 aromatic heterocycles. The number of nitrogen functional groups attached to an aromatic ring is 5. The Kier molecular flexibility index (Phi) is 20.0. The van der Waals surface area contributed by atoms with Gasteiger partial charge in [-0.25, -0.2) is 0 Å². The number of ether oxygens (including phenoxy) is 3. The highest BCUT2D eigenvalue weighted by molar-refractivity contribution is 7.87. The smallest absolute Gasteiger partial charge is 0.298 e. The molecule has 0 saturated heterocycles. The van der Waals surface area contributed by atoms with Gasteiger partial charge in [0.1, 0.15) is 31.9 Å². The molecule has 5 rings (SSSR count). The summed E-state index contributed by atoms with van der Waals surface area (Å²) in [6.45, 7) is 6.81. The second kappa shape index (κ2) is 22.8. The van der Waals surface area contributed by atoms with Crippen molar-refractivity contribution in [3.8, 4) is 17.2 Å². The Bertz CT molecular complexity index is 3080. The molecule has 28 heteroatoms. The van der Waals surface area contributed by atoms with Crippen molar-refractivity contribution in [1.29, 1.82) is 0 Å². The lowest BCUT2D eigenvalue weighted by molar-refractivity contribution is 0.397. The van der Waals surface area contributed by atoms with Crippen molar-refractivity contribution in [3.05, 3.63) is 101 Å². The minimum Gasteiger partial charge on any atom is -0.497 e. The van der Waals surface area contributed by atoms with Gasteiger partial charge in [-0.05, 0) is 111 Å². The van der Waals surface area contributed by atoms with Crippen LogP contribution in [-0.4, -0.2) is 86.2 Å². The monoisotopic (exact) mass is 1010 g/mol. The van der Waals surface area contributed by atoms with Crippen molar-refractivity contribution >= 4 is 79.0 Å². The van der Waals surface area contributed by atoms with Crippen LogP contribution in [0.3, 0.4) is 0 Å². The zero-order chi connectivity index (χ0) is 50.6. The number of anilines is 5. The van der Waals surface area contributed by atoms with E-state index >= 15 is 0 Å². The second-order valence-corrected chi connectivity index (χ2v) is 20.0. The van der Waals surface area contributed by atoms with E-state index in [2.05, 4.69) is 0 Å². The van der Waals surface area contributed by atoms with Gasteiger partial charge >= 0.3 is 0 Å². The minimum atomic E-state index is -4.27. The zero-order valence-electron chi connectivity index (χ0n) is 35.5. The van der Waals surface area contributed by atoms with Crippen LogP contribution in [-0.2, 0) is 50.6 Å². The van der Waals surface area contributed by atoms with E-state index in [-0.39, 0.29) is 53.0 Å². The van der Waals surface area contributed by atoms with Crippen LogP contribution >= 0.6 is 0 Å². The van der Waals surface area contributed by atoms with Crippen molar-refractivity contribution in [3.63, 3.8) is 0 Å². The van der Waals surface area contributed by atoms with Gasteiger partial charge in [0.05, 0.1) is 48.2 Å². The molecule has 0 radical (unpaired) electrons. The van der Waals surface area contributed by atoms with Crippen LogP contribution in [0.4, 0.5) is 28.4 Å². The van der Waals surface area contributed by atoms with E-state index in [1.807, 2.05) is 0 Å². The maximum Gasteiger partial charge on any atom is 0.298 e. The molecule has 0 amide bonds. The maximum absolute atomic E-state index is 10.8. The topological polar surface area (TPSA) is 430 Å². The summed E-state index contributed by atoms with van der Waals surface area (Å²) >= 11 is 0. The number of nitrogens with two attached hydrogens (primary N) is 5. The van der Waals surface area contributed by atoms with E-state index in [1.54, 1.807) is 39.8 Å². The molecule has 0 unspecified atom stereocenters. The van der Waals surface area contributed by atoms with Crippen LogP contribution in [0.25, 0.3) is 0 Å². The SMILES string of the molecule is COc1ccc(N)c(S(=O)(=O)O)c1.COc1ccc(N)cc1S(=O)(=O)O.COc1ccc(S(=O)(=O)O)cc1N.Cc1cc(C)c(N)c(S(=O)(=O)O)c1.Cc1cc(C)c(S(=O)(=O)O)cc1N. The van der Waals surface area contributed by atoms with Gasteiger partial charge in [0, 0.05) is 17.4 Å². The average molecular weight is 1010 g/mol. The molecule has 0 aliphatic rings. The third-order valence-electron chi connectivity index (χ3n) is 8.08. The molecule has 65 heavy (non-hydrogen) atoms. The number of hydrogen-bond donors (Lipinski definition) is 10. The summed E-state index contributed by atoms with van der Waals surface area (Å²) in [6, 6.07) is 17.7. The molecule has 15 N–H and O–H groups in total. The van der Waals surface area contributed by atoms with Gasteiger partial charge in [-0.2, -0.15) is 42.1 Å². The first kappa shape index (κ1) is 57.1. The quantitative estimate of drug-likeness (QED) is 0.0779. The van der Waals surface area contributed by atoms with Crippen LogP contribution < -0.4 is 42.9 Å². The normalized spacial score (nSPS) is 11.4. The largest absolute Gasteiger partial charge is 0.497 e. The lowest BCUT2D eigenvalue weighted by atomic mass is 10.1. The summed E-state index contributed by atoms with van der Waals surface area (Å²) < 4.78 is 166. The molecule has 0 heterocycles. The van der Waals surface area contributed by atoms with E-state index in [1.165, 1.54) is 69.9 Å². The summed E-state index contributed by atoms with van der Waals surface area (Å²) in [5, 5.41) is 0. The Morgan fingerprint density at radius 2 is 0.908 bits per heavy atom. The van der Waals surface area contributed by atoms with E-state index < -0.39 is 50.6 Å². The van der Waals surface area contributed by atoms with Crippen molar-refractivity contribution in [1.82, 2.24) is 0 Å². The fourth-order valence-electron chi connectivity index (χ4n) is 4.91. The van der Waals surface area contributed by atoms with E-state index in [9.17, 15) is 42.1 Å². The first-order valence-corrected chi connectivity index (χ1v) is 24.6. The lowest BCUT2D eigenvalue weighted by Gasteiger charge is -2.06. The summed E-state index contributed by atoms with van der Waals surface area (Å²) in [5.41, 5.74) is 30.7. The summed E-state index contributed by atoms with van der Waals surface area (Å²) in [7, 11) is -17.0. The Morgan fingerprint density at radius 3 is 1.35 bits per heavy atom. The van der Waals surface area contributed by atoms with E-state index in [0.29, 0.717) is 28.3 Å². The second-order valence-electron chi connectivity index (χ2n) is 13.1. The molecule has 5 aromatic carbocycles. The zero-order valence-corrected chi connectivity index (χ0v) is 39.6. The fraction of sp³-hybridized carbons (Fsp3) is 0.189. The summed E-state index contributed by atoms with van der Waals surface area (Å²) in [6.07, 6.45) is 0. The van der Waals surface area contributed by atoms with Crippen LogP contribution in [0.1, 0.15) is 22.3 Å². The highest BCUT2D eigenvalue weighted by Crippen LogP contribution is 2.27. The third-order valence-corrected chi connectivity index (χ3v) is 12.6. The maximum atomic E-state index is 10.8. The average Bonchev–Trinajstić information content (AvgIpc) is 3.17.